The Balaban J connectivity index is 1.77. The number of aromatic amines is 1. The maximum Gasteiger partial charge on any atom is 0.128 e. The van der Waals surface area contributed by atoms with Crippen LogP contribution in [0.3, 0.4) is 0 Å². The SMILES string of the molecule is NCc1ccc2cc(COc3cccc(O)c3)[nH]c2c1. The summed E-state index contributed by atoms with van der Waals surface area (Å²) < 4.78 is 5.64. The molecular formula is C16H16N2O2. The van der Waals surface area contributed by atoms with Crippen molar-refractivity contribution in [2.24, 2.45) is 5.73 Å². The van der Waals surface area contributed by atoms with Gasteiger partial charge in [-0.05, 0) is 35.2 Å². The minimum Gasteiger partial charge on any atom is -0.508 e. The van der Waals surface area contributed by atoms with E-state index in [1.807, 2.05) is 24.3 Å². The third-order valence-electron chi connectivity index (χ3n) is 3.19. The number of rotatable bonds is 4. The highest BCUT2D eigenvalue weighted by Gasteiger charge is 2.03. The summed E-state index contributed by atoms with van der Waals surface area (Å²) in [6, 6.07) is 14.9. The smallest absolute Gasteiger partial charge is 0.128 e. The summed E-state index contributed by atoms with van der Waals surface area (Å²) in [5, 5.41) is 10.5. The summed E-state index contributed by atoms with van der Waals surface area (Å²) in [7, 11) is 0. The Bertz CT molecular complexity index is 734. The van der Waals surface area contributed by atoms with Gasteiger partial charge in [0.15, 0.2) is 0 Å². The van der Waals surface area contributed by atoms with Crippen LogP contribution in [0.5, 0.6) is 11.5 Å². The fourth-order valence-electron chi connectivity index (χ4n) is 2.17. The Kier molecular flexibility index (Phi) is 3.31. The number of benzene rings is 2. The van der Waals surface area contributed by atoms with Crippen molar-refractivity contribution in [3.05, 3.63) is 59.8 Å². The van der Waals surface area contributed by atoms with Gasteiger partial charge in [0.25, 0.3) is 0 Å². The second-order valence-corrected chi connectivity index (χ2v) is 4.71. The van der Waals surface area contributed by atoms with E-state index in [9.17, 15) is 5.11 Å². The highest BCUT2D eigenvalue weighted by Crippen LogP contribution is 2.21. The Morgan fingerprint density at radius 3 is 2.80 bits per heavy atom. The van der Waals surface area contributed by atoms with Crippen LogP contribution in [-0.2, 0) is 13.2 Å². The highest BCUT2D eigenvalue weighted by molar-refractivity contribution is 5.81. The average molecular weight is 268 g/mol. The van der Waals surface area contributed by atoms with Crippen molar-refractivity contribution in [3.63, 3.8) is 0 Å². The van der Waals surface area contributed by atoms with Crippen molar-refractivity contribution < 1.29 is 9.84 Å². The van der Waals surface area contributed by atoms with Crippen LogP contribution >= 0.6 is 0 Å². The summed E-state index contributed by atoms with van der Waals surface area (Å²) in [5.74, 6) is 0.845. The first-order valence-corrected chi connectivity index (χ1v) is 6.47. The standard InChI is InChI=1S/C16H16N2O2/c17-9-11-4-5-12-7-13(18-16(12)6-11)10-20-15-3-1-2-14(19)8-15/h1-8,18-19H,9-10,17H2. The third kappa shape index (κ3) is 2.60. The van der Waals surface area contributed by atoms with Crippen LogP contribution < -0.4 is 10.5 Å². The van der Waals surface area contributed by atoms with Gasteiger partial charge in [0.1, 0.15) is 18.1 Å². The largest absolute Gasteiger partial charge is 0.508 e. The van der Waals surface area contributed by atoms with Crippen molar-refractivity contribution in [1.82, 2.24) is 4.98 Å². The number of nitrogens with one attached hydrogen (secondary N) is 1. The molecule has 0 atom stereocenters. The number of fused-ring (bicyclic) bond motifs is 1. The lowest BCUT2D eigenvalue weighted by atomic mass is 10.2. The summed E-state index contributed by atoms with van der Waals surface area (Å²) >= 11 is 0. The van der Waals surface area contributed by atoms with Crippen molar-refractivity contribution >= 4 is 10.9 Å². The molecule has 0 radical (unpaired) electrons. The van der Waals surface area contributed by atoms with Crippen LogP contribution in [-0.4, -0.2) is 10.1 Å². The first-order valence-electron chi connectivity index (χ1n) is 6.47. The van der Waals surface area contributed by atoms with E-state index < -0.39 is 0 Å². The zero-order valence-corrected chi connectivity index (χ0v) is 11.0. The number of aromatic hydroxyl groups is 1. The predicted octanol–water partition coefficient (Wildman–Crippen LogP) is 2.91. The van der Waals surface area contributed by atoms with Gasteiger partial charge in [0.2, 0.25) is 0 Å². The van der Waals surface area contributed by atoms with Crippen LogP contribution in [0.1, 0.15) is 11.3 Å². The number of H-pyrrole nitrogens is 1. The summed E-state index contributed by atoms with van der Waals surface area (Å²) in [6.45, 7) is 0.959. The van der Waals surface area contributed by atoms with Crippen LogP contribution in [0.25, 0.3) is 10.9 Å². The third-order valence-corrected chi connectivity index (χ3v) is 3.19. The van der Waals surface area contributed by atoms with E-state index in [4.69, 9.17) is 10.5 Å². The molecule has 2 aromatic carbocycles. The molecule has 20 heavy (non-hydrogen) atoms. The van der Waals surface area contributed by atoms with Gasteiger partial charge in [-0.3, -0.25) is 0 Å². The van der Waals surface area contributed by atoms with Crippen LogP contribution in [0, 0.1) is 0 Å². The second-order valence-electron chi connectivity index (χ2n) is 4.71. The molecule has 0 aliphatic heterocycles. The number of hydrogen-bond acceptors (Lipinski definition) is 3. The quantitative estimate of drug-likeness (QED) is 0.681. The number of phenols is 1. The van der Waals surface area contributed by atoms with E-state index in [1.54, 1.807) is 18.2 Å². The second kappa shape index (κ2) is 5.27. The molecule has 0 saturated carbocycles. The van der Waals surface area contributed by atoms with Gasteiger partial charge >= 0.3 is 0 Å². The molecule has 0 aliphatic carbocycles. The summed E-state index contributed by atoms with van der Waals surface area (Å²) in [5.41, 5.74) is 8.77. The maximum absolute atomic E-state index is 9.38. The van der Waals surface area contributed by atoms with E-state index in [1.165, 1.54) is 0 Å². The van der Waals surface area contributed by atoms with Crippen molar-refractivity contribution in [2.45, 2.75) is 13.2 Å². The molecule has 0 bridgehead atoms. The molecular weight excluding hydrogens is 252 g/mol. The number of aromatic nitrogens is 1. The Labute approximate surface area is 116 Å². The molecule has 4 N–H and O–H groups in total. The van der Waals surface area contributed by atoms with Crippen LogP contribution in [0.15, 0.2) is 48.5 Å². The number of phenolic OH excluding ortho intramolecular Hbond substituents is 1. The van der Waals surface area contributed by atoms with Gasteiger partial charge in [-0.15, -0.1) is 0 Å². The molecule has 1 heterocycles. The molecule has 0 spiro atoms. The van der Waals surface area contributed by atoms with Gasteiger partial charge < -0.3 is 20.6 Å². The molecule has 102 valence electrons. The molecule has 0 saturated heterocycles. The number of hydrogen-bond donors (Lipinski definition) is 3. The Morgan fingerprint density at radius 2 is 2.00 bits per heavy atom. The molecule has 3 aromatic rings. The monoisotopic (exact) mass is 268 g/mol. The van der Waals surface area contributed by atoms with Crippen molar-refractivity contribution in [2.75, 3.05) is 0 Å². The zero-order chi connectivity index (χ0) is 13.9. The predicted molar refractivity (Wildman–Crippen MR) is 78.6 cm³/mol. The minimum absolute atomic E-state index is 0.201. The molecule has 0 amide bonds. The lowest BCUT2D eigenvalue weighted by molar-refractivity contribution is 0.300. The van der Waals surface area contributed by atoms with E-state index in [0.29, 0.717) is 18.9 Å². The van der Waals surface area contributed by atoms with Gasteiger partial charge in [0, 0.05) is 18.1 Å². The molecule has 0 aliphatic rings. The van der Waals surface area contributed by atoms with Crippen LogP contribution in [0.2, 0.25) is 0 Å². The molecule has 0 unspecified atom stereocenters. The van der Waals surface area contributed by atoms with Crippen molar-refractivity contribution in [3.8, 4) is 11.5 Å². The summed E-state index contributed by atoms with van der Waals surface area (Å²) in [4.78, 5) is 3.31. The van der Waals surface area contributed by atoms with Gasteiger partial charge in [0.05, 0.1) is 5.69 Å². The lowest BCUT2D eigenvalue weighted by Crippen LogP contribution is -1.95. The van der Waals surface area contributed by atoms with E-state index in [2.05, 4.69) is 11.1 Å². The minimum atomic E-state index is 0.201. The van der Waals surface area contributed by atoms with Crippen LogP contribution in [0.4, 0.5) is 0 Å². The highest BCUT2D eigenvalue weighted by atomic mass is 16.5. The fourth-order valence-corrected chi connectivity index (χ4v) is 2.17. The lowest BCUT2D eigenvalue weighted by Gasteiger charge is -2.04. The van der Waals surface area contributed by atoms with Gasteiger partial charge in [-0.2, -0.15) is 0 Å². The molecule has 4 heteroatoms. The maximum atomic E-state index is 9.38. The molecule has 3 rings (SSSR count). The Morgan fingerprint density at radius 1 is 1.10 bits per heavy atom. The topological polar surface area (TPSA) is 71.3 Å². The number of nitrogens with two attached hydrogens (primary N) is 1. The normalized spacial score (nSPS) is 10.8. The molecule has 4 nitrogen and oxygen atoms in total. The summed E-state index contributed by atoms with van der Waals surface area (Å²) in [6.07, 6.45) is 0. The Hall–Kier alpha value is -2.46. The van der Waals surface area contributed by atoms with Gasteiger partial charge in [-0.1, -0.05) is 18.2 Å². The zero-order valence-electron chi connectivity index (χ0n) is 11.0. The first-order chi connectivity index (χ1) is 9.74. The first kappa shape index (κ1) is 12.6. The molecule has 1 aromatic heterocycles. The van der Waals surface area contributed by atoms with Gasteiger partial charge in [-0.25, -0.2) is 0 Å². The van der Waals surface area contributed by atoms with E-state index >= 15 is 0 Å². The fraction of sp³-hybridized carbons (Fsp3) is 0.125. The average Bonchev–Trinajstić information content (AvgIpc) is 2.87. The van der Waals surface area contributed by atoms with E-state index in [0.717, 1.165) is 22.2 Å². The molecule has 0 fully saturated rings. The van der Waals surface area contributed by atoms with Crippen molar-refractivity contribution in [1.29, 1.82) is 0 Å². The number of ether oxygens (including phenoxy) is 1. The van der Waals surface area contributed by atoms with E-state index in [-0.39, 0.29) is 5.75 Å².